The van der Waals surface area contributed by atoms with Gasteiger partial charge in [-0.25, -0.2) is 9.48 Å². The van der Waals surface area contributed by atoms with Gasteiger partial charge in [-0.15, -0.1) is 0 Å². The van der Waals surface area contributed by atoms with E-state index in [4.69, 9.17) is 9.47 Å². The third-order valence-corrected chi connectivity index (χ3v) is 4.25. The predicted molar refractivity (Wildman–Crippen MR) is 85.5 cm³/mol. The number of hydrogen-bond acceptors (Lipinski definition) is 4. The molecule has 0 N–H and O–H groups in total. The molecule has 1 fully saturated rings. The van der Waals surface area contributed by atoms with Crippen LogP contribution in [0.25, 0.3) is 11.3 Å². The van der Waals surface area contributed by atoms with Gasteiger partial charge in [0.05, 0.1) is 18.4 Å². The number of rotatable bonds is 3. The minimum atomic E-state index is -0.367. The van der Waals surface area contributed by atoms with Gasteiger partial charge in [0, 0.05) is 22.8 Å². The Hall–Kier alpha value is -1.66. The van der Waals surface area contributed by atoms with Crippen molar-refractivity contribution < 1.29 is 14.3 Å². The summed E-state index contributed by atoms with van der Waals surface area (Å²) < 4.78 is 13.4. The lowest BCUT2D eigenvalue weighted by Gasteiger charge is -2.25. The first-order valence-electron chi connectivity index (χ1n) is 7.24. The molecular weight excluding hydrogens is 348 g/mol. The lowest BCUT2D eigenvalue weighted by atomic mass is 10.0. The fourth-order valence-corrected chi connectivity index (χ4v) is 3.05. The molecule has 0 bridgehead atoms. The van der Waals surface area contributed by atoms with Crippen LogP contribution in [0.2, 0.25) is 0 Å². The van der Waals surface area contributed by atoms with E-state index < -0.39 is 0 Å². The van der Waals surface area contributed by atoms with Crippen LogP contribution in [0.3, 0.4) is 0 Å². The van der Waals surface area contributed by atoms with Crippen molar-refractivity contribution in [3.05, 3.63) is 40.5 Å². The maximum absolute atomic E-state index is 12.1. The van der Waals surface area contributed by atoms with Gasteiger partial charge >= 0.3 is 5.97 Å². The largest absolute Gasteiger partial charge is 0.465 e. The normalized spacial score (nSPS) is 18.2. The summed E-state index contributed by atoms with van der Waals surface area (Å²) >= 11 is 3.40. The van der Waals surface area contributed by atoms with Gasteiger partial charge < -0.3 is 9.47 Å². The van der Waals surface area contributed by atoms with Crippen LogP contribution in [0.1, 0.15) is 35.8 Å². The van der Waals surface area contributed by atoms with Crippen LogP contribution in [0, 0.1) is 0 Å². The molecule has 0 aliphatic carbocycles. The fourth-order valence-electron chi connectivity index (χ4n) is 2.69. The number of methoxy groups -OCH3 is 1. The summed E-state index contributed by atoms with van der Waals surface area (Å²) in [4.78, 5) is 12.1. The third-order valence-electron chi connectivity index (χ3n) is 3.76. The second-order valence-corrected chi connectivity index (χ2v) is 6.08. The highest BCUT2D eigenvalue weighted by atomic mass is 79.9. The van der Waals surface area contributed by atoms with Gasteiger partial charge in [0.2, 0.25) is 0 Å². The molecule has 22 heavy (non-hydrogen) atoms. The molecule has 1 aliphatic rings. The molecule has 2 aromatic rings. The Bertz CT molecular complexity index is 678. The van der Waals surface area contributed by atoms with E-state index in [1.165, 1.54) is 7.11 Å². The maximum atomic E-state index is 12.1. The molecule has 6 heteroatoms. The Morgan fingerprint density at radius 2 is 2.27 bits per heavy atom. The standard InChI is InChI=1S/C16H17BrN2O3/c1-21-16(20)13-10-11(17)5-6-12(13)14-7-8-18-19(14)15-4-2-3-9-22-15/h5-8,10,15H,2-4,9H2,1H3. The number of benzene rings is 1. The Balaban J connectivity index is 2.05. The van der Waals surface area contributed by atoms with E-state index in [9.17, 15) is 4.79 Å². The molecular formula is C16H17BrN2O3. The average molecular weight is 365 g/mol. The molecule has 1 unspecified atom stereocenters. The fraction of sp³-hybridized carbons (Fsp3) is 0.375. The number of aromatic nitrogens is 2. The van der Waals surface area contributed by atoms with E-state index in [0.29, 0.717) is 5.56 Å². The van der Waals surface area contributed by atoms with Gasteiger partial charge in [-0.2, -0.15) is 5.10 Å². The van der Waals surface area contributed by atoms with Crippen molar-refractivity contribution in [2.45, 2.75) is 25.5 Å². The van der Waals surface area contributed by atoms with Crippen LogP contribution in [0.5, 0.6) is 0 Å². The molecule has 0 radical (unpaired) electrons. The van der Waals surface area contributed by atoms with Crippen LogP contribution in [-0.4, -0.2) is 29.5 Å². The van der Waals surface area contributed by atoms with Gasteiger partial charge in [0.1, 0.15) is 0 Å². The lowest BCUT2D eigenvalue weighted by Crippen LogP contribution is -2.20. The Morgan fingerprint density at radius 3 is 3.00 bits per heavy atom. The number of carbonyl (C=O) groups is 1. The van der Waals surface area contributed by atoms with E-state index in [1.807, 2.05) is 22.9 Å². The van der Waals surface area contributed by atoms with Crippen molar-refractivity contribution in [1.29, 1.82) is 0 Å². The minimum absolute atomic E-state index is 0.0760. The number of carbonyl (C=O) groups excluding carboxylic acids is 1. The van der Waals surface area contributed by atoms with Crippen LogP contribution in [-0.2, 0) is 9.47 Å². The molecule has 3 rings (SSSR count). The van der Waals surface area contributed by atoms with E-state index in [2.05, 4.69) is 21.0 Å². The van der Waals surface area contributed by atoms with Crippen LogP contribution in [0.15, 0.2) is 34.9 Å². The van der Waals surface area contributed by atoms with E-state index in [-0.39, 0.29) is 12.2 Å². The van der Waals surface area contributed by atoms with Crippen molar-refractivity contribution in [3.8, 4) is 11.3 Å². The molecule has 5 nitrogen and oxygen atoms in total. The molecule has 1 saturated heterocycles. The van der Waals surface area contributed by atoms with Gasteiger partial charge in [0.15, 0.2) is 6.23 Å². The monoisotopic (exact) mass is 364 g/mol. The second-order valence-electron chi connectivity index (χ2n) is 5.16. The highest BCUT2D eigenvalue weighted by Gasteiger charge is 2.22. The zero-order valence-electron chi connectivity index (χ0n) is 12.3. The Labute approximate surface area is 137 Å². The molecule has 1 aromatic heterocycles. The first-order valence-corrected chi connectivity index (χ1v) is 8.03. The molecule has 1 aliphatic heterocycles. The summed E-state index contributed by atoms with van der Waals surface area (Å²) in [6, 6.07) is 7.46. The maximum Gasteiger partial charge on any atom is 0.338 e. The van der Waals surface area contributed by atoms with Crippen molar-refractivity contribution >= 4 is 21.9 Å². The van der Waals surface area contributed by atoms with Crippen molar-refractivity contribution in [2.24, 2.45) is 0 Å². The van der Waals surface area contributed by atoms with Crippen molar-refractivity contribution in [2.75, 3.05) is 13.7 Å². The van der Waals surface area contributed by atoms with Crippen LogP contribution >= 0.6 is 15.9 Å². The first kappa shape index (κ1) is 15.2. The number of hydrogen-bond donors (Lipinski definition) is 0. The second kappa shape index (κ2) is 6.62. The SMILES string of the molecule is COC(=O)c1cc(Br)ccc1-c1ccnn1C1CCCCO1. The molecule has 1 aromatic carbocycles. The number of halogens is 1. The highest BCUT2D eigenvalue weighted by Crippen LogP contribution is 2.31. The van der Waals surface area contributed by atoms with Crippen molar-refractivity contribution in [1.82, 2.24) is 9.78 Å². The van der Waals surface area contributed by atoms with Crippen LogP contribution in [0.4, 0.5) is 0 Å². The zero-order chi connectivity index (χ0) is 15.5. The molecule has 116 valence electrons. The van der Waals surface area contributed by atoms with Crippen molar-refractivity contribution in [3.63, 3.8) is 0 Å². The molecule has 1 atom stereocenters. The third kappa shape index (κ3) is 2.94. The summed E-state index contributed by atoms with van der Waals surface area (Å²) in [7, 11) is 1.38. The summed E-state index contributed by atoms with van der Waals surface area (Å²) in [6.07, 6.45) is 4.79. The summed E-state index contributed by atoms with van der Waals surface area (Å²) in [5.74, 6) is -0.367. The molecule has 0 amide bonds. The quantitative estimate of drug-likeness (QED) is 0.777. The van der Waals surface area contributed by atoms with Gasteiger partial charge in [0.25, 0.3) is 0 Å². The average Bonchev–Trinajstić information content (AvgIpc) is 3.04. The molecule has 0 saturated carbocycles. The van der Waals surface area contributed by atoms with Gasteiger partial charge in [-0.3, -0.25) is 0 Å². The lowest BCUT2D eigenvalue weighted by molar-refractivity contribution is -0.0383. The van der Waals surface area contributed by atoms with E-state index >= 15 is 0 Å². The van der Waals surface area contributed by atoms with Gasteiger partial charge in [-0.1, -0.05) is 22.0 Å². The number of nitrogens with zero attached hydrogens (tertiary/aromatic N) is 2. The smallest absolute Gasteiger partial charge is 0.338 e. The Morgan fingerprint density at radius 1 is 1.41 bits per heavy atom. The number of esters is 1. The topological polar surface area (TPSA) is 53.3 Å². The highest BCUT2D eigenvalue weighted by molar-refractivity contribution is 9.10. The summed E-state index contributed by atoms with van der Waals surface area (Å²) in [5, 5.41) is 4.39. The van der Waals surface area contributed by atoms with E-state index in [1.54, 1.807) is 12.3 Å². The minimum Gasteiger partial charge on any atom is -0.465 e. The van der Waals surface area contributed by atoms with E-state index in [0.717, 1.165) is 41.6 Å². The predicted octanol–water partition coefficient (Wildman–Crippen LogP) is 3.80. The summed E-state index contributed by atoms with van der Waals surface area (Å²) in [6.45, 7) is 0.744. The summed E-state index contributed by atoms with van der Waals surface area (Å²) in [5.41, 5.74) is 2.16. The van der Waals surface area contributed by atoms with Gasteiger partial charge in [-0.05, 0) is 37.5 Å². The number of ether oxygens (including phenoxy) is 2. The molecule has 2 heterocycles. The molecule has 0 spiro atoms. The first-order chi connectivity index (χ1) is 10.7. The zero-order valence-corrected chi connectivity index (χ0v) is 13.9. The van der Waals surface area contributed by atoms with Crippen LogP contribution < -0.4 is 0 Å². The Kier molecular flexibility index (Phi) is 4.59.